The van der Waals surface area contributed by atoms with E-state index < -0.39 is 0 Å². The van der Waals surface area contributed by atoms with Crippen molar-refractivity contribution in [3.8, 4) is 11.5 Å². The fourth-order valence-electron chi connectivity index (χ4n) is 2.44. The van der Waals surface area contributed by atoms with Crippen molar-refractivity contribution >= 4 is 11.6 Å². The lowest BCUT2D eigenvalue weighted by Gasteiger charge is -2.15. The summed E-state index contributed by atoms with van der Waals surface area (Å²) in [4.78, 5) is 5.90. The van der Waals surface area contributed by atoms with Crippen LogP contribution in [-0.2, 0) is 6.54 Å². The number of methoxy groups -OCH3 is 1. The molecule has 0 heterocycles. The number of halogens is 1. The van der Waals surface area contributed by atoms with Crippen molar-refractivity contribution in [3.63, 3.8) is 0 Å². The second-order valence-corrected chi connectivity index (χ2v) is 6.06. The van der Waals surface area contributed by atoms with E-state index in [1.165, 1.54) is 6.07 Å². The Morgan fingerprint density at radius 1 is 1.07 bits per heavy atom. The van der Waals surface area contributed by atoms with Gasteiger partial charge < -0.3 is 25.0 Å². The zero-order valence-electron chi connectivity index (χ0n) is 16.3. The Kier molecular flexibility index (Phi) is 7.73. The number of hydrogen-bond donors (Lipinski definition) is 2. The van der Waals surface area contributed by atoms with Gasteiger partial charge in [0.1, 0.15) is 23.9 Å². The summed E-state index contributed by atoms with van der Waals surface area (Å²) in [5, 5.41) is 6.33. The Morgan fingerprint density at radius 2 is 1.78 bits per heavy atom. The molecule has 2 aromatic carbocycles. The third-order valence-corrected chi connectivity index (χ3v) is 3.90. The number of aliphatic imine (C=N–C) groups is 1. The van der Waals surface area contributed by atoms with E-state index in [0.29, 0.717) is 31.3 Å². The van der Waals surface area contributed by atoms with Crippen molar-refractivity contribution in [1.82, 2.24) is 10.6 Å². The molecular weight excluding hydrogens is 347 g/mol. The van der Waals surface area contributed by atoms with Crippen molar-refractivity contribution in [1.29, 1.82) is 0 Å². The Bertz CT molecular complexity index is 748. The fraction of sp³-hybridized carbons (Fsp3) is 0.350. The lowest BCUT2D eigenvalue weighted by molar-refractivity contribution is 0.321. The fourth-order valence-corrected chi connectivity index (χ4v) is 2.44. The van der Waals surface area contributed by atoms with Gasteiger partial charge in [-0.3, -0.25) is 4.99 Å². The first-order valence-corrected chi connectivity index (χ1v) is 8.70. The molecule has 0 unspecified atom stereocenters. The summed E-state index contributed by atoms with van der Waals surface area (Å²) in [6.45, 7) is 1.54. The summed E-state index contributed by atoms with van der Waals surface area (Å²) in [5.41, 5.74) is 1.41. The molecule has 0 aliphatic carbocycles. The summed E-state index contributed by atoms with van der Waals surface area (Å²) in [6.07, 6.45) is 0. The maximum atomic E-state index is 14.0. The van der Waals surface area contributed by atoms with Crippen LogP contribution in [-0.4, -0.2) is 47.4 Å². The van der Waals surface area contributed by atoms with Crippen LogP contribution in [0.3, 0.4) is 0 Å². The first kappa shape index (κ1) is 20.4. The molecule has 27 heavy (non-hydrogen) atoms. The molecule has 0 spiro atoms. The molecule has 2 aromatic rings. The molecule has 0 bridgehead atoms. The summed E-state index contributed by atoms with van der Waals surface area (Å²) < 4.78 is 24.8. The van der Waals surface area contributed by atoms with Gasteiger partial charge in [0.2, 0.25) is 0 Å². The molecule has 0 saturated carbocycles. The zero-order valence-corrected chi connectivity index (χ0v) is 16.3. The summed E-state index contributed by atoms with van der Waals surface area (Å²) in [7, 11) is 6.95. The summed E-state index contributed by atoms with van der Waals surface area (Å²) in [5.74, 6) is 1.96. The van der Waals surface area contributed by atoms with Crippen LogP contribution in [0.15, 0.2) is 47.5 Å². The first-order valence-electron chi connectivity index (χ1n) is 8.70. The maximum Gasteiger partial charge on any atom is 0.191 e. The molecule has 0 radical (unpaired) electrons. The van der Waals surface area contributed by atoms with Crippen molar-refractivity contribution in [2.24, 2.45) is 4.99 Å². The average molecular weight is 374 g/mol. The number of benzene rings is 2. The third kappa shape index (κ3) is 6.36. The average Bonchev–Trinajstić information content (AvgIpc) is 2.67. The molecule has 7 heteroatoms. The molecule has 0 saturated heterocycles. The van der Waals surface area contributed by atoms with E-state index in [-0.39, 0.29) is 5.82 Å². The van der Waals surface area contributed by atoms with Crippen LogP contribution in [0.2, 0.25) is 0 Å². The van der Waals surface area contributed by atoms with Gasteiger partial charge in [-0.15, -0.1) is 0 Å². The topological polar surface area (TPSA) is 58.1 Å². The molecule has 0 amide bonds. The van der Waals surface area contributed by atoms with E-state index in [9.17, 15) is 4.39 Å². The van der Waals surface area contributed by atoms with E-state index in [4.69, 9.17) is 9.47 Å². The molecular formula is C20H27FN4O2. The van der Waals surface area contributed by atoms with Gasteiger partial charge in [-0.25, -0.2) is 4.39 Å². The Labute approximate surface area is 160 Å². The number of rotatable bonds is 8. The van der Waals surface area contributed by atoms with E-state index in [2.05, 4.69) is 15.6 Å². The van der Waals surface area contributed by atoms with Crippen LogP contribution in [0.25, 0.3) is 0 Å². The second-order valence-electron chi connectivity index (χ2n) is 6.06. The Morgan fingerprint density at radius 3 is 2.37 bits per heavy atom. The molecule has 2 rings (SSSR count). The van der Waals surface area contributed by atoms with Crippen molar-refractivity contribution in [2.75, 3.05) is 46.3 Å². The summed E-state index contributed by atoms with van der Waals surface area (Å²) >= 11 is 0. The molecule has 0 aliphatic heterocycles. The third-order valence-electron chi connectivity index (χ3n) is 3.90. The van der Waals surface area contributed by atoms with Crippen LogP contribution < -0.4 is 25.0 Å². The standard InChI is InChI=1S/C20H27FN4O2/c1-22-20(23-11-12-27-17-8-6-16(26-4)7-9-17)24-14-15-5-10-19(25(2)3)18(21)13-15/h5-10,13H,11-12,14H2,1-4H3,(H2,22,23,24). The minimum atomic E-state index is -0.241. The Balaban J connectivity index is 1.74. The number of nitrogens with one attached hydrogen (secondary N) is 2. The smallest absolute Gasteiger partial charge is 0.191 e. The number of anilines is 1. The SMILES string of the molecule is CN=C(NCCOc1ccc(OC)cc1)NCc1ccc(N(C)C)c(F)c1. The highest BCUT2D eigenvalue weighted by Crippen LogP contribution is 2.18. The van der Waals surface area contributed by atoms with Gasteiger partial charge in [0.05, 0.1) is 19.3 Å². The van der Waals surface area contributed by atoms with Gasteiger partial charge in [0, 0.05) is 27.7 Å². The van der Waals surface area contributed by atoms with Crippen LogP contribution in [0.1, 0.15) is 5.56 Å². The molecule has 146 valence electrons. The minimum Gasteiger partial charge on any atom is -0.497 e. The van der Waals surface area contributed by atoms with Gasteiger partial charge >= 0.3 is 0 Å². The largest absolute Gasteiger partial charge is 0.497 e. The Hall–Kier alpha value is -2.96. The highest BCUT2D eigenvalue weighted by molar-refractivity contribution is 5.79. The van der Waals surface area contributed by atoms with Gasteiger partial charge in [0.15, 0.2) is 5.96 Å². The molecule has 0 atom stereocenters. The minimum absolute atomic E-state index is 0.241. The summed E-state index contributed by atoms with van der Waals surface area (Å²) in [6, 6.07) is 12.6. The van der Waals surface area contributed by atoms with Crippen LogP contribution in [0.4, 0.5) is 10.1 Å². The van der Waals surface area contributed by atoms with Crippen LogP contribution in [0, 0.1) is 5.82 Å². The molecule has 0 fully saturated rings. The predicted octanol–water partition coefficient (Wildman–Crippen LogP) is 2.64. The van der Waals surface area contributed by atoms with Gasteiger partial charge in [-0.1, -0.05) is 6.07 Å². The van der Waals surface area contributed by atoms with E-state index in [1.54, 1.807) is 25.1 Å². The van der Waals surface area contributed by atoms with Crippen molar-refractivity contribution < 1.29 is 13.9 Å². The number of nitrogens with zero attached hydrogens (tertiary/aromatic N) is 2. The van der Waals surface area contributed by atoms with E-state index >= 15 is 0 Å². The monoisotopic (exact) mass is 374 g/mol. The zero-order chi connectivity index (χ0) is 19.6. The van der Waals surface area contributed by atoms with E-state index in [1.807, 2.05) is 44.4 Å². The highest BCUT2D eigenvalue weighted by atomic mass is 19.1. The molecule has 6 nitrogen and oxygen atoms in total. The number of hydrogen-bond acceptors (Lipinski definition) is 4. The predicted molar refractivity (Wildman–Crippen MR) is 107 cm³/mol. The van der Waals surface area contributed by atoms with Crippen LogP contribution in [0.5, 0.6) is 11.5 Å². The maximum absolute atomic E-state index is 14.0. The van der Waals surface area contributed by atoms with Gasteiger partial charge in [-0.05, 0) is 42.0 Å². The van der Waals surface area contributed by atoms with Crippen LogP contribution >= 0.6 is 0 Å². The normalized spacial score (nSPS) is 11.1. The quantitative estimate of drug-likeness (QED) is 0.423. The highest BCUT2D eigenvalue weighted by Gasteiger charge is 2.06. The molecule has 0 aromatic heterocycles. The number of ether oxygens (including phenoxy) is 2. The van der Waals surface area contributed by atoms with Gasteiger partial charge in [-0.2, -0.15) is 0 Å². The first-order chi connectivity index (χ1) is 13.0. The van der Waals surface area contributed by atoms with Crippen molar-refractivity contribution in [3.05, 3.63) is 53.8 Å². The number of guanidine groups is 1. The lowest BCUT2D eigenvalue weighted by Crippen LogP contribution is -2.38. The second kappa shape index (κ2) is 10.3. The lowest BCUT2D eigenvalue weighted by atomic mass is 10.2. The van der Waals surface area contributed by atoms with Gasteiger partial charge in [0.25, 0.3) is 0 Å². The molecule has 2 N–H and O–H groups in total. The van der Waals surface area contributed by atoms with Crippen molar-refractivity contribution in [2.45, 2.75) is 6.54 Å². The van der Waals surface area contributed by atoms with E-state index in [0.717, 1.165) is 17.1 Å². The molecule has 0 aliphatic rings.